The van der Waals surface area contributed by atoms with Gasteiger partial charge < -0.3 is 5.32 Å². The maximum atomic E-state index is 4.35. The standard InChI is InChI=1S/C12H18N6/c1-3-4-14-11(12-8-13-5-6-15-12)7-10-9-18(2)17-16-10/h5-6,8-9,11,14H,3-4,7H2,1-2H3. The molecule has 2 aromatic heterocycles. The highest BCUT2D eigenvalue weighted by molar-refractivity contribution is 5.07. The smallest absolute Gasteiger partial charge is 0.0846 e. The number of nitrogens with zero attached hydrogens (tertiary/aromatic N) is 5. The van der Waals surface area contributed by atoms with E-state index in [0.29, 0.717) is 0 Å². The highest BCUT2D eigenvalue weighted by Crippen LogP contribution is 2.13. The molecule has 0 amide bonds. The van der Waals surface area contributed by atoms with Crippen molar-refractivity contribution in [2.75, 3.05) is 6.54 Å². The maximum absolute atomic E-state index is 4.35. The monoisotopic (exact) mass is 246 g/mol. The maximum Gasteiger partial charge on any atom is 0.0846 e. The molecule has 1 atom stereocenters. The van der Waals surface area contributed by atoms with Crippen LogP contribution >= 0.6 is 0 Å². The summed E-state index contributed by atoms with van der Waals surface area (Å²) in [5, 5.41) is 11.5. The Morgan fingerprint density at radius 1 is 1.39 bits per heavy atom. The number of aromatic nitrogens is 5. The van der Waals surface area contributed by atoms with Crippen LogP contribution in [-0.4, -0.2) is 31.5 Å². The summed E-state index contributed by atoms with van der Waals surface area (Å²) in [6.07, 6.45) is 8.97. The molecule has 0 spiro atoms. The summed E-state index contributed by atoms with van der Waals surface area (Å²) in [6.45, 7) is 3.09. The van der Waals surface area contributed by atoms with Gasteiger partial charge in [-0.2, -0.15) is 0 Å². The van der Waals surface area contributed by atoms with E-state index in [1.54, 1.807) is 23.3 Å². The van der Waals surface area contributed by atoms with Gasteiger partial charge in [0, 0.05) is 38.3 Å². The van der Waals surface area contributed by atoms with Crippen LogP contribution in [0.4, 0.5) is 0 Å². The summed E-state index contributed by atoms with van der Waals surface area (Å²) in [7, 11) is 1.87. The molecule has 1 unspecified atom stereocenters. The SMILES string of the molecule is CCCNC(Cc1cn(C)nn1)c1cnccn1. The van der Waals surface area contributed by atoms with Crippen molar-refractivity contribution < 1.29 is 0 Å². The van der Waals surface area contributed by atoms with E-state index in [-0.39, 0.29) is 6.04 Å². The third kappa shape index (κ3) is 3.33. The van der Waals surface area contributed by atoms with Gasteiger partial charge in [-0.15, -0.1) is 5.10 Å². The molecule has 1 N–H and O–H groups in total. The van der Waals surface area contributed by atoms with Crippen molar-refractivity contribution >= 4 is 0 Å². The molecular formula is C12H18N6. The quantitative estimate of drug-likeness (QED) is 0.819. The minimum Gasteiger partial charge on any atom is -0.308 e. The largest absolute Gasteiger partial charge is 0.308 e. The average Bonchev–Trinajstić information content (AvgIpc) is 2.81. The first-order chi connectivity index (χ1) is 8.79. The van der Waals surface area contributed by atoms with E-state index in [1.165, 1.54) is 0 Å². The Morgan fingerprint density at radius 2 is 2.28 bits per heavy atom. The lowest BCUT2D eigenvalue weighted by atomic mass is 10.1. The Balaban J connectivity index is 2.10. The van der Waals surface area contributed by atoms with Crippen molar-refractivity contribution in [2.45, 2.75) is 25.8 Å². The number of hydrogen-bond acceptors (Lipinski definition) is 5. The molecule has 0 aliphatic heterocycles. The second-order valence-corrected chi connectivity index (χ2v) is 4.22. The fourth-order valence-electron chi connectivity index (χ4n) is 1.79. The predicted octanol–water partition coefficient (Wildman–Crippen LogP) is 0.888. The molecule has 0 radical (unpaired) electrons. The van der Waals surface area contributed by atoms with Crippen LogP contribution in [0, 0.1) is 0 Å². The van der Waals surface area contributed by atoms with Crippen molar-refractivity contribution in [3.05, 3.63) is 36.2 Å². The van der Waals surface area contributed by atoms with Crippen LogP contribution in [0.5, 0.6) is 0 Å². The van der Waals surface area contributed by atoms with Crippen molar-refractivity contribution in [1.82, 2.24) is 30.3 Å². The number of nitrogens with one attached hydrogen (secondary N) is 1. The van der Waals surface area contributed by atoms with Crippen molar-refractivity contribution in [3.63, 3.8) is 0 Å². The van der Waals surface area contributed by atoms with E-state index >= 15 is 0 Å². The minimum absolute atomic E-state index is 0.135. The van der Waals surface area contributed by atoms with Crippen LogP contribution in [0.3, 0.4) is 0 Å². The van der Waals surface area contributed by atoms with Crippen LogP contribution < -0.4 is 5.32 Å². The molecule has 2 heterocycles. The third-order valence-electron chi connectivity index (χ3n) is 2.64. The van der Waals surface area contributed by atoms with Gasteiger partial charge in [0.05, 0.1) is 17.4 Å². The first-order valence-electron chi connectivity index (χ1n) is 6.14. The van der Waals surface area contributed by atoms with Gasteiger partial charge in [-0.1, -0.05) is 12.1 Å². The highest BCUT2D eigenvalue weighted by atomic mass is 15.4. The van der Waals surface area contributed by atoms with E-state index in [1.807, 2.05) is 13.2 Å². The average molecular weight is 246 g/mol. The van der Waals surface area contributed by atoms with Crippen LogP contribution in [0.1, 0.15) is 30.8 Å². The molecule has 6 nitrogen and oxygen atoms in total. The highest BCUT2D eigenvalue weighted by Gasteiger charge is 2.14. The van der Waals surface area contributed by atoms with Gasteiger partial charge in [0.15, 0.2) is 0 Å². The molecular weight excluding hydrogens is 228 g/mol. The van der Waals surface area contributed by atoms with Crippen molar-refractivity contribution in [2.24, 2.45) is 7.05 Å². The second-order valence-electron chi connectivity index (χ2n) is 4.22. The Labute approximate surface area is 106 Å². The van der Waals surface area contributed by atoms with Crippen LogP contribution in [0.15, 0.2) is 24.8 Å². The summed E-state index contributed by atoms with van der Waals surface area (Å²) >= 11 is 0. The molecule has 0 fully saturated rings. The molecule has 18 heavy (non-hydrogen) atoms. The van der Waals surface area contributed by atoms with E-state index in [0.717, 1.165) is 30.8 Å². The van der Waals surface area contributed by atoms with Crippen LogP contribution in [-0.2, 0) is 13.5 Å². The number of rotatable bonds is 6. The lowest BCUT2D eigenvalue weighted by molar-refractivity contribution is 0.511. The summed E-state index contributed by atoms with van der Waals surface area (Å²) in [5.74, 6) is 0. The van der Waals surface area contributed by atoms with Gasteiger partial charge in [0.1, 0.15) is 0 Å². The Morgan fingerprint density at radius 3 is 2.89 bits per heavy atom. The van der Waals surface area contributed by atoms with E-state index in [4.69, 9.17) is 0 Å². The lowest BCUT2D eigenvalue weighted by Crippen LogP contribution is -2.25. The number of hydrogen-bond donors (Lipinski definition) is 1. The fourth-order valence-corrected chi connectivity index (χ4v) is 1.79. The molecule has 0 bridgehead atoms. The van der Waals surface area contributed by atoms with Crippen molar-refractivity contribution in [1.29, 1.82) is 0 Å². The van der Waals surface area contributed by atoms with Gasteiger partial charge in [-0.25, -0.2) is 0 Å². The molecule has 0 saturated carbocycles. The molecule has 0 saturated heterocycles. The van der Waals surface area contributed by atoms with Gasteiger partial charge >= 0.3 is 0 Å². The second kappa shape index (κ2) is 6.20. The van der Waals surface area contributed by atoms with E-state index in [2.05, 4.69) is 32.5 Å². The lowest BCUT2D eigenvalue weighted by Gasteiger charge is -2.16. The summed E-state index contributed by atoms with van der Waals surface area (Å²) in [4.78, 5) is 8.47. The first kappa shape index (κ1) is 12.6. The normalized spacial score (nSPS) is 12.6. The molecule has 6 heteroatoms. The zero-order valence-corrected chi connectivity index (χ0v) is 10.7. The zero-order valence-electron chi connectivity index (χ0n) is 10.7. The van der Waals surface area contributed by atoms with Gasteiger partial charge in [0.2, 0.25) is 0 Å². The van der Waals surface area contributed by atoms with Gasteiger partial charge in [-0.05, 0) is 13.0 Å². The molecule has 0 aromatic carbocycles. The van der Waals surface area contributed by atoms with Gasteiger partial charge in [-0.3, -0.25) is 14.6 Å². The number of aryl methyl sites for hydroxylation is 1. The van der Waals surface area contributed by atoms with E-state index in [9.17, 15) is 0 Å². The van der Waals surface area contributed by atoms with Crippen molar-refractivity contribution in [3.8, 4) is 0 Å². The zero-order chi connectivity index (χ0) is 12.8. The van der Waals surface area contributed by atoms with E-state index < -0.39 is 0 Å². The first-order valence-corrected chi connectivity index (χ1v) is 6.14. The molecule has 2 aromatic rings. The third-order valence-corrected chi connectivity index (χ3v) is 2.64. The predicted molar refractivity (Wildman–Crippen MR) is 67.8 cm³/mol. The van der Waals surface area contributed by atoms with Crippen LogP contribution in [0.2, 0.25) is 0 Å². The molecule has 96 valence electrons. The molecule has 0 aliphatic carbocycles. The Hall–Kier alpha value is -1.82. The van der Waals surface area contributed by atoms with Gasteiger partial charge in [0.25, 0.3) is 0 Å². The molecule has 2 rings (SSSR count). The Kier molecular flexibility index (Phi) is 4.35. The fraction of sp³-hybridized carbons (Fsp3) is 0.500. The topological polar surface area (TPSA) is 68.5 Å². The van der Waals surface area contributed by atoms with Crippen LogP contribution in [0.25, 0.3) is 0 Å². The minimum atomic E-state index is 0.135. The summed E-state index contributed by atoms with van der Waals surface area (Å²) in [6, 6.07) is 0.135. The molecule has 0 aliphatic rings. The summed E-state index contributed by atoms with van der Waals surface area (Å²) < 4.78 is 1.71. The summed E-state index contributed by atoms with van der Waals surface area (Å²) in [5.41, 5.74) is 1.90. The Bertz CT molecular complexity index is 466.